The number of anilines is 1. The maximum absolute atomic E-state index is 13.2. The Morgan fingerprint density at radius 3 is 2.77 bits per heavy atom. The quantitative estimate of drug-likeness (QED) is 0.470. The van der Waals surface area contributed by atoms with Gasteiger partial charge in [-0.2, -0.15) is 0 Å². The van der Waals surface area contributed by atoms with Gasteiger partial charge in [0.2, 0.25) is 5.91 Å². The van der Waals surface area contributed by atoms with Gasteiger partial charge >= 0.3 is 0 Å². The lowest BCUT2D eigenvalue weighted by molar-refractivity contribution is -0.118. The maximum atomic E-state index is 13.2. The molecule has 2 aromatic heterocycles. The van der Waals surface area contributed by atoms with Crippen LogP contribution < -0.4 is 4.90 Å². The van der Waals surface area contributed by atoms with Gasteiger partial charge in [-0.15, -0.1) is 23.7 Å². The van der Waals surface area contributed by atoms with Gasteiger partial charge in [0.15, 0.2) is 5.13 Å². The van der Waals surface area contributed by atoms with Crippen molar-refractivity contribution in [2.75, 3.05) is 44.3 Å². The molecule has 4 rings (SSSR count). The van der Waals surface area contributed by atoms with Crippen molar-refractivity contribution in [2.45, 2.75) is 19.8 Å². The van der Waals surface area contributed by atoms with Crippen LogP contribution in [0, 0.1) is 6.92 Å². The lowest BCUT2D eigenvalue weighted by atomic mass is 10.2. The molecule has 0 spiro atoms. The van der Waals surface area contributed by atoms with Crippen molar-refractivity contribution in [3.8, 4) is 0 Å². The topological polar surface area (TPSA) is 45.7 Å². The van der Waals surface area contributed by atoms with E-state index in [0.717, 1.165) is 59.5 Å². The number of halogens is 2. The van der Waals surface area contributed by atoms with Crippen molar-refractivity contribution in [3.05, 3.63) is 45.1 Å². The lowest BCUT2D eigenvalue weighted by Crippen LogP contribution is -2.39. The van der Waals surface area contributed by atoms with E-state index in [2.05, 4.69) is 24.0 Å². The predicted octanol–water partition coefficient (Wildman–Crippen LogP) is 5.04. The molecule has 3 aromatic rings. The highest BCUT2D eigenvalue weighted by Crippen LogP contribution is 2.31. The minimum atomic E-state index is 0. The van der Waals surface area contributed by atoms with E-state index in [9.17, 15) is 4.79 Å². The third-order valence-corrected chi connectivity index (χ3v) is 7.25. The Labute approximate surface area is 196 Å². The first-order valence-corrected chi connectivity index (χ1v) is 11.8. The van der Waals surface area contributed by atoms with E-state index >= 15 is 0 Å². The van der Waals surface area contributed by atoms with Gasteiger partial charge in [0.1, 0.15) is 0 Å². The Kier molecular flexibility index (Phi) is 8.51. The molecule has 1 aliphatic heterocycles. The van der Waals surface area contributed by atoms with Crippen LogP contribution in [0.5, 0.6) is 0 Å². The summed E-state index contributed by atoms with van der Waals surface area (Å²) < 4.78 is 7.25. The summed E-state index contributed by atoms with van der Waals surface area (Å²) in [6, 6.07) is 9.99. The molecule has 1 amide bonds. The van der Waals surface area contributed by atoms with Crippen LogP contribution in [-0.4, -0.2) is 55.2 Å². The molecule has 0 bridgehead atoms. The molecular weight excluding hydrogens is 461 g/mol. The fourth-order valence-corrected chi connectivity index (χ4v) is 5.62. The molecule has 1 aromatic carbocycles. The minimum absolute atomic E-state index is 0. The molecule has 9 heteroatoms. The molecule has 0 atom stereocenters. The van der Waals surface area contributed by atoms with Gasteiger partial charge in [-0.3, -0.25) is 14.6 Å². The van der Waals surface area contributed by atoms with Crippen molar-refractivity contribution < 1.29 is 9.53 Å². The van der Waals surface area contributed by atoms with E-state index in [1.165, 1.54) is 16.9 Å². The third-order valence-electron chi connectivity index (χ3n) is 4.98. The number of thiazole rings is 1. The second-order valence-electron chi connectivity index (χ2n) is 7.20. The van der Waals surface area contributed by atoms with Crippen molar-refractivity contribution in [1.29, 1.82) is 0 Å². The summed E-state index contributed by atoms with van der Waals surface area (Å²) in [4.78, 5) is 23.2. The minimum Gasteiger partial charge on any atom is -0.379 e. The van der Waals surface area contributed by atoms with Crippen LogP contribution in [0.25, 0.3) is 10.2 Å². The number of hydrogen-bond donors (Lipinski definition) is 0. The average molecular weight is 486 g/mol. The number of ether oxygens (including phenoxy) is 1. The fourth-order valence-electron chi connectivity index (χ4n) is 3.43. The summed E-state index contributed by atoms with van der Waals surface area (Å²) in [7, 11) is 0. The Morgan fingerprint density at radius 1 is 1.23 bits per heavy atom. The van der Waals surface area contributed by atoms with Gasteiger partial charge in [0, 0.05) is 31.1 Å². The molecule has 5 nitrogen and oxygen atoms in total. The molecule has 0 aliphatic carbocycles. The summed E-state index contributed by atoms with van der Waals surface area (Å²) in [6.45, 7) is 7.20. The first kappa shape index (κ1) is 23.4. The van der Waals surface area contributed by atoms with E-state index in [4.69, 9.17) is 21.3 Å². The van der Waals surface area contributed by atoms with E-state index in [0.29, 0.717) is 17.3 Å². The van der Waals surface area contributed by atoms with Crippen LogP contribution in [0.1, 0.15) is 16.9 Å². The number of hydrogen-bond acceptors (Lipinski definition) is 6. The Balaban J connectivity index is 0.00000256. The highest BCUT2D eigenvalue weighted by Gasteiger charge is 2.21. The van der Waals surface area contributed by atoms with Crippen molar-refractivity contribution in [3.63, 3.8) is 0 Å². The number of rotatable bonds is 7. The average Bonchev–Trinajstić information content (AvgIpc) is 3.31. The molecule has 3 heterocycles. The van der Waals surface area contributed by atoms with Gasteiger partial charge in [-0.1, -0.05) is 29.0 Å². The zero-order valence-electron chi connectivity index (χ0n) is 16.8. The fraction of sp³-hybridized carbons (Fsp3) is 0.429. The Hall–Kier alpha value is -1.22. The van der Waals surface area contributed by atoms with Gasteiger partial charge in [0.25, 0.3) is 0 Å². The number of thiophene rings is 1. The normalized spacial score (nSPS) is 14.6. The number of benzene rings is 1. The molecule has 1 aliphatic rings. The van der Waals surface area contributed by atoms with E-state index in [-0.39, 0.29) is 18.3 Å². The van der Waals surface area contributed by atoms with Gasteiger partial charge in [0.05, 0.1) is 34.2 Å². The standard InChI is InChI=1S/C21H24ClN3O2S2.ClH/c1-15-3-5-17-18(13-15)29-21(23-17)25(8-2-7-24-9-11-27-12-10-24)20(26)14-16-4-6-19(22)28-16;/h3-6,13H,2,7-12,14H2,1H3;1H. The number of amides is 1. The molecule has 30 heavy (non-hydrogen) atoms. The first-order valence-electron chi connectivity index (χ1n) is 9.80. The van der Waals surface area contributed by atoms with Crippen LogP contribution in [0.2, 0.25) is 4.34 Å². The largest absolute Gasteiger partial charge is 0.379 e. The second-order valence-corrected chi connectivity index (χ2v) is 10.0. The molecule has 0 N–H and O–H groups in total. The summed E-state index contributed by atoms with van der Waals surface area (Å²) in [6.07, 6.45) is 1.26. The van der Waals surface area contributed by atoms with E-state index in [1.807, 2.05) is 23.1 Å². The molecular formula is C21H25Cl2N3O2S2. The zero-order chi connectivity index (χ0) is 20.2. The maximum Gasteiger partial charge on any atom is 0.234 e. The van der Waals surface area contributed by atoms with E-state index < -0.39 is 0 Å². The van der Waals surface area contributed by atoms with Crippen LogP contribution in [-0.2, 0) is 16.0 Å². The third kappa shape index (κ3) is 5.93. The molecule has 0 radical (unpaired) electrons. The number of morpholine rings is 1. The first-order chi connectivity index (χ1) is 14.1. The van der Waals surface area contributed by atoms with Crippen molar-refractivity contribution in [2.24, 2.45) is 0 Å². The lowest BCUT2D eigenvalue weighted by Gasteiger charge is -2.27. The smallest absolute Gasteiger partial charge is 0.234 e. The summed E-state index contributed by atoms with van der Waals surface area (Å²) in [5.74, 6) is 0.0706. The summed E-state index contributed by atoms with van der Waals surface area (Å²) >= 11 is 9.09. The molecule has 0 saturated carbocycles. The number of aryl methyl sites for hydroxylation is 1. The highest BCUT2D eigenvalue weighted by atomic mass is 35.5. The van der Waals surface area contributed by atoms with Crippen LogP contribution >= 0.6 is 46.7 Å². The predicted molar refractivity (Wildman–Crippen MR) is 129 cm³/mol. The van der Waals surface area contributed by atoms with Crippen LogP contribution in [0.15, 0.2) is 30.3 Å². The molecule has 1 fully saturated rings. The number of fused-ring (bicyclic) bond motifs is 1. The zero-order valence-corrected chi connectivity index (χ0v) is 20.0. The summed E-state index contributed by atoms with van der Waals surface area (Å²) in [5.41, 5.74) is 2.15. The number of aromatic nitrogens is 1. The molecule has 162 valence electrons. The van der Waals surface area contributed by atoms with Crippen molar-refractivity contribution in [1.82, 2.24) is 9.88 Å². The SMILES string of the molecule is Cc1ccc2nc(N(CCCN3CCOCC3)C(=O)Cc3ccc(Cl)s3)sc2c1.Cl. The highest BCUT2D eigenvalue weighted by molar-refractivity contribution is 7.22. The Bertz CT molecular complexity index is 986. The summed E-state index contributed by atoms with van der Waals surface area (Å²) in [5, 5.41) is 0.778. The van der Waals surface area contributed by atoms with Crippen molar-refractivity contribution >= 4 is 67.9 Å². The number of nitrogens with zero attached hydrogens (tertiary/aromatic N) is 3. The Morgan fingerprint density at radius 2 is 2.03 bits per heavy atom. The molecule has 0 unspecified atom stereocenters. The van der Waals surface area contributed by atoms with Gasteiger partial charge in [-0.25, -0.2) is 4.98 Å². The number of carbonyl (C=O) groups excluding carboxylic acids is 1. The van der Waals surface area contributed by atoms with Gasteiger partial charge in [-0.05, 0) is 43.2 Å². The van der Waals surface area contributed by atoms with Crippen LogP contribution in [0.4, 0.5) is 5.13 Å². The molecule has 1 saturated heterocycles. The number of carbonyl (C=O) groups is 1. The monoisotopic (exact) mass is 485 g/mol. The van der Waals surface area contributed by atoms with Gasteiger partial charge < -0.3 is 4.74 Å². The van der Waals surface area contributed by atoms with Crippen LogP contribution in [0.3, 0.4) is 0 Å². The second kappa shape index (κ2) is 10.9. The van der Waals surface area contributed by atoms with E-state index in [1.54, 1.807) is 11.3 Å².